The van der Waals surface area contributed by atoms with Crippen molar-refractivity contribution < 1.29 is 5.11 Å². The summed E-state index contributed by atoms with van der Waals surface area (Å²) in [6.07, 6.45) is 1.68. The van der Waals surface area contributed by atoms with Crippen molar-refractivity contribution in [1.29, 1.82) is 0 Å². The summed E-state index contributed by atoms with van der Waals surface area (Å²) in [7, 11) is 0. The molecule has 2 rings (SSSR count). The molecule has 1 N–H and O–H groups in total. The average molecular weight is 183 g/mol. The first kappa shape index (κ1) is 7.58. The van der Waals surface area contributed by atoms with E-state index >= 15 is 0 Å². The van der Waals surface area contributed by atoms with Gasteiger partial charge in [0, 0.05) is 5.39 Å². The van der Waals surface area contributed by atoms with Crippen LogP contribution in [-0.4, -0.2) is 14.9 Å². The lowest BCUT2D eigenvalue weighted by Crippen LogP contribution is -1.97. The van der Waals surface area contributed by atoms with Crippen molar-refractivity contribution in [3.8, 4) is 0 Å². The van der Waals surface area contributed by atoms with Crippen molar-refractivity contribution >= 4 is 22.5 Å². The normalized spacial score (nSPS) is 10.8. The highest BCUT2D eigenvalue weighted by atomic mass is 35.5. The zero-order valence-corrected chi connectivity index (χ0v) is 6.99. The molecule has 3 nitrogen and oxygen atoms in total. The van der Waals surface area contributed by atoms with Crippen LogP contribution in [0.25, 0.3) is 10.9 Å². The second-order valence-electron chi connectivity index (χ2n) is 2.46. The maximum absolute atomic E-state index is 8.89. The Balaban J connectivity index is 2.83. The highest BCUT2D eigenvalue weighted by Gasteiger charge is 2.03. The van der Waals surface area contributed by atoms with Crippen molar-refractivity contribution in [3.05, 3.63) is 29.4 Å². The lowest BCUT2D eigenvalue weighted by molar-refractivity contribution is 0.200. The van der Waals surface area contributed by atoms with E-state index in [-0.39, 0.29) is 6.73 Å². The summed E-state index contributed by atoms with van der Waals surface area (Å²) in [6, 6.07) is 5.53. The molecule has 12 heavy (non-hydrogen) atoms. The van der Waals surface area contributed by atoms with Crippen LogP contribution in [0.1, 0.15) is 0 Å². The molecule has 1 aromatic heterocycles. The Morgan fingerprint density at radius 3 is 3.08 bits per heavy atom. The van der Waals surface area contributed by atoms with E-state index in [1.54, 1.807) is 12.3 Å². The van der Waals surface area contributed by atoms with Gasteiger partial charge in [-0.05, 0) is 6.07 Å². The first-order valence-corrected chi connectivity index (χ1v) is 3.91. The molecule has 1 heterocycles. The molecule has 0 aliphatic rings. The van der Waals surface area contributed by atoms with Gasteiger partial charge in [-0.15, -0.1) is 0 Å². The standard InChI is InChI=1S/C8H7ClN2O/c9-7-3-1-2-6-4-10-11(5-12)8(6)7/h1-4,12H,5H2. The average Bonchev–Trinajstić information content (AvgIpc) is 2.49. The molecular weight excluding hydrogens is 176 g/mol. The number of aliphatic hydroxyl groups is 1. The first-order chi connectivity index (χ1) is 5.83. The van der Waals surface area contributed by atoms with E-state index < -0.39 is 0 Å². The number of aliphatic hydroxyl groups excluding tert-OH is 1. The van der Waals surface area contributed by atoms with Gasteiger partial charge in [-0.1, -0.05) is 23.7 Å². The minimum atomic E-state index is -0.146. The SMILES string of the molecule is OCn1ncc2cccc(Cl)c21. The number of aromatic nitrogens is 2. The Bertz CT molecular complexity index is 410. The van der Waals surface area contributed by atoms with Crippen LogP contribution < -0.4 is 0 Å². The molecule has 0 amide bonds. The Morgan fingerprint density at radius 2 is 2.33 bits per heavy atom. The molecule has 0 radical (unpaired) electrons. The van der Waals surface area contributed by atoms with Gasteiger partial charge in [0.15, 0.2) is 0 Å². The molecule has 62 valence electrons. The van der Waals surface area contributed by atoms with E-state index in [0.717, 1.165) is 10.9 Å². The van der Waals surface area contributed by atoms with Crippen molar-refractivity contribution in [2.24, 2.45) is 0 Å². The molecule has 1 aromatic carbocycles. The number of nitrogens with zero attached hydrogens (tertiary/aromatic N) is 2. The third-order valence-electron chi connectivity index (χ3n) is 1.75. The topological polar surface area (TPSA) is 38.0 Å². The van der Waals surface area contributed by atoms with Gasteiger partial charge in [-0.3, -0.25) is 0 Å². The van der Waals surface area contributed by atoms with Gasteiger partial charge in [0.05, 0.1) is 16.7 Å². The van der Waals surface area contributed by atoms with Crippen LogP contribution in [0.2, 0.25) is 5.02 Å². The van der Waals surface area contributed by atoms with Gasteiger partial charge in [0.2, 0.25) is 0 Å². The predicted molar refractivity (Wildman–Crippen MR) is 47.0 cm³/mol. The number of hydrogen-bond acceptors (Lipinski definition) is 2. The smallest absolute Gasteiger partial charge is 0.136 e. The van der Waals surface area contributed by atoms with Gasteiger partial charge in [-0.25, -0.2) is 4.68 Å². The van der Waals surface area contributed by atoms with E-state index in [4.69, 9.17) is 16.7 Å². The molecule has 0 aliphatic carbocycles. The number of halogens is 1. The molecular formula is C8H7ClN2O. The zero-order valence-electron chi connectivity index (χ0n) is 6.24. The summed E-state index contributed by atoms with van der Waals surface area (Å²) in [5, 5.41) is 14.4. The fourth-order valence-electron chi connectivity index (χ4n) is 1.21. The fraction of sp³-hybridized carbons (Fsp3) is 0.125. The summed E-state index contributed by atoms with van der Waals surface area (Å²) in [4.78, 5) is 0. The van der Waals surface area contributed by atoms with Crippen molar-refractivity contribution in [2.45, 2.75) is 6.73 Å². The van der Waals surface area contributed by atoms with Gasteiger partial charge >= 0.3 is 0 Å². The Morgan fingerprint density at radius 1 is 1.50 bits per heavy atom. The fourth-order valence-corrected chi connectivity index (χ4v) is 1.48. The van der Waals surface area contributed by atoms with E-state index in [1.807, 2.05) is 12.1 Å². The van der Waals surface area contributed by atoms with Gasteiger partial charge in [0.25, 0.3) is 0 Å². The van der Waals surface area contributed by atoms with E-state index in [2.05, 4.69) is 5.10 Å². The van der Waals surface area contributed by atoms with E-state index in [9.17, 15) is 0 Å². The lowest BCUT2D eigenvalue weighted by atomic mass is 10.2. The van der Waals surface area contributed by atoms with Crippen LogP contribution in [0, 0.1) is 0 Å². The molecule has 0 unspecified atom stereocenters. The maximum atomic E-state index is 8.89. The highest BCUT2D eigenvalue weighted by molar-refractivity contribution is 6.35. The molecule has 2 aromatic rings. The number of benzene rings is 1. The number of rotatable bonds is 1. The first-order valence-electron chi connectivity index (χ1n) is 3.54. The minimum absolute atomic E-state index is 0.146. The molecule has 0 fully saturated rings. The Labute approximate surface area is 74.2 Å². The van der Waals surface area contributed by atoms with Crippen LogP contribution in [-0.2, 0) is 6.73 Å². The van der Waals surface area contributed by atoms with E-state index in [0.29, 0.717) is 5.02 Å². The Hall–Kier alpha value is -1.06. The monoisotopic (exact) mass is 182 g/mol. The predicted octanol–water partition coefficient (Wildman–Crippen LogP) is 1.64. The van der Waals surface area contributed by atoms with Crippen molar-refractivity contribution in [1.82, 2.24) is 9.78 Å². The zero-order chi connectivity index (χ0) is 8.55. The summed E-state index contributed by atoms with van der Waals surface area (Å²) in [6.45, 7) is -0.146. The van der Waals surface area contributed by atoms with Crippen LogP contribution in [0.3, 0.4) is 0 Å². The molecule has 0 aliphatic heterocycles. The largest absolute Gasteiger partial charge is 0.374 e. The van der Waals surface area contributed by atoms with Gasteiger partial charge in [0.1, 0.15) is 6.73 Å². The number of hydrogen-bond donors (Lipinski definition) is 1. The van der Waals surface area contributed by atoms with Crippen molar-refractivity contribution in [2.75, 3.05) is 0 Å². The molecule has 0 saturated carbocycles. The van der Waals surface area contributed by atoms with Crippen LogP contribution in [0.15, 0.2) is 24.4 Å². The second-order valence-corrected chi connectivity index (χ2v) is 2.87. The number of para-hydroxylation sites is 1. The van der Waals surface area contributed by atoms with Crippen LogP contribution in [0.5, 0.6) is 0 Å². The van der Waals surface area contributed by atoms with Gasteiger partial charge < -0.3 is 5.11 Å². The lowest BCUT2D eigenvalue weighted by Gasteiger charge is -1.98. The summed E-state index contributed by atoms with van der Waals surface area (Å²) in [5.41, 5.74) is 0.779. The van der Waals surface area contributed by atoms with Crippen LogP contribution in [0.4, 0.5) is 0 Å². The highest BCUT2D eigenvalue weighted by Crippen LogP contribution is 2.22. The third kappa shape index (κ3) is 0.983. The number of fused-ring (bicyclic) bond motifs is 1. The van der Waals surface area contributed by atoms with Crippen LogP contribution >= 0.6 is 11.6 Å². The second kappa shape index (κ2) is 2.77. The Kier molecular flexibility index (Phi) is 1.75. The van der Waals surface area contributed by atoms with E-state index in [1.165, 1.54) is 4.68 Å². The summed E-state index contributed by atoms with van der Waals surface area (Å²) in [5.74, 6) is 0. The molecule has 0 spiro atoms. The molecule has 4 heteroatoms. The quantitative estimate of drug-likeness (QED) is 0.728. The molecule has 0 saturated heterocycles. The summed E-state index contributed by atoms with van der Waals surface area (Å²) < 4.78 is 1.46. The third-order valence-corrected chi connectivity index (χ3v) is 2.05. The molecule has 0 bridgehead atoms. The molecule has 0 atom stereocenters. The van der Waals surface area contributed by atoms with Gasteiger partial charge in [-0.2, -0.15) is 5.10 Å². The maximum Gasteiger partial charge on any atom is 0.136 e. The minimum Gasteiger partial charge on any atom is -0.374 e. The van der Waals surface area contributed by atoms with Crippen molar-refractivity contribution in [3.63, 3.8) is 0 Å². The summed E-state index contributed by atoms with van der Waals surface area (Å²) >= 11 is 5.91.